The lowest BCUT2D eigenvalue weighted by Crippen LogP contribution is -2.22. The standard InChI is InChI=1S/C10H19NO3/c1-3-8(10(11)13)6-5-7-9(12)14-4-2/h8H,3-7H2,1-2H3,(H2,11,13). The summed E-state index contributed by atoms with van der Waals surface area (Å²) in [5, 5.41) is 0. The number of rotatable bonds is 7. The molecule has 0 radical (unpaired) electrons. The van der Waals surface area contributed by atoms with E-state index in [1.807, 2.05) is 6.92 Å². The van der Waals surface area contributed by atoms with Crippen LogP contribution in [-0.4, -0.2) is 18.5 Å². The molecule has 0 heterocycles. The number of carbonyl (C=O) groups is 2. The van der Waals surface area contributed by atoms with Crippen molar-refractivity contribution in [2.75, 3.05) is 6.61 Å². The van der Waals surface area contributed by atoms with Crippen LogP contribution in [0.2, 0.25) is 0 Å². The molecule has 0 aliphatic carbocycles. The molecule has 0 saturated heterocycles. The highest BCUT2D eigenvalue weighted by Gasteiger charge is 2.13. The highest BCUT2D eigenvalue weighted by atomic mass is 16.5. The molecular weight excluding hydrogens is 182 g/mol. The van der Waals surface area contributed by atoms with Crippen molar-refractivity contribution in [2.45, 2.75) is 39.5 Å². The number of ether oxygens (including phenoxy) is 1. The molecule has 0 bridgehead atoms. The van der Waals surface area contributed by atoms with Crippen LogP contribution in [0.25, 0.3) is 0 Å². The van der Waals surface area contributed by atoms with E-state index in [0.29, 0.717) is 25.9 Å². The molecule has 82 valence electrons. The van der Waals surface area contributed by atoms with E-state index in [2.05, 4.69) is 0 Å². The van der Waals surface area contributed by atoms with Crippen LogP contribution in [0.1, 0.15) is 39.5 Å². The molecule has 0 aliphatic heterocycles. The molecule has 1 atom stereocenters. The molecule has 0 saturated carbocycles. The Morgan fingerprint density at radius 3 is 2.43 bits per heavy atom. The third kappa shape index (κ3) is 5.56. The summed E-state index contributed by atoms with van der Waals surface area (Å²) < 4.78 is 4.76. The molecule has 1 amide bonds. The Hall–Kier alpha value is -1.06. The first-order valence-electron chi connectivity index (χ1n) is 5.06. The van der Waals surface area contributed by atoms with Gasteiger partial charge in [-0.2, -0.15) is 0 Å². The monoisotopic (exact) mass is 201 g/mol. The lowest BCUT2D eigenvalue weighted by molar-refractivity contribution is -0.143. The van der Waals surface area contributed by atoms with E-state index >= 15 is 0 Å². The molecule has 4 nitrogen and oxygen atoms in total. The van der Waals surface area contributed by atoms with E-state index in [4.69, 9.17) is 10.5 Å². The Morgan fingerprint density at radius 1 is 1.36 bits per heavy atom. The first kappa shape index (κ1) is 12.9. The third-order valence-corrected chi connectivity index (χ3v) is 2.13. The van der Waals surface area contributed by atoms with Crippen LogP contribution < -0.4 is 5.73 Å². The Balaban J connectivity index is 3.61. The van der Waals surface area contributed by atoms with Gasteiger partial charge in [-0.3, -0.25) is 9.59 Å². The van der Waals surface area contributed by atoms with E-state index in [1.54, 1.807) is 6.92 Å². The highest BCUT2D eigenvalue weighted by Crippen LogP contribution is 2.12. The SMILES string of the molecule is CCOC(=O)CCCC(CC)C(N)=O. The van der Waals surface area contributed by atoms with Crippen molar-refractivity contribution in [3.05, 3.63) is 0 Å². The number of hydrogen-bond donors (Lipinski definition) is 1. The second-order valence-electron chi connectivity index (χ2n) is 3.20. The van der Waals surface area contributed by atoms with Crippen LogP contribution in [-0.2, 0) is 14.3 Å². The Labute approximate surface area is 84.8 Å². The number of esters is 1. The minimum atomic E-state index is -0.281. The van der Waals surface area contributed by atoms with Gasteiger partial charge in [0, 0.05) is 12.3 Å². The molecule has 1 unspecified atom stereocenters. The van der Waals surface area contributed by atoms with Crippen molar-refractivity contribution in [1.29, 1.82) is 0 Å². The van der Waals surface area contributed by atoms with Gasteiger partial charge in [0.15, 0.2) is 0 Å². The Morgan fingerprint density at radius 2 is 2.00 bits per heavy atom. The predicted octanol–water partition coefficient (Wildman–Crippen LogP) is 1.23. The van der Waals surface area contributed by atoms with E-state index in [0.717, 1.165) is 6.42 Å². The Kier molecular flexibility index (Phi) is 6.80. The van der Waals surface area contributed by atoms with Gasteiger partial charge in [-0.1, -0.05) is 6.92 Å². The summed E-state index contributed by atoms with van der Waals surface area (Å²) in [6.07, 6.45) is 2.45. The molecule has 4 heteroatoms. The summed E-state index contributed by atoms with van der Waals surface area (Å²) in [5.41, 5.74) is 5.17. The lowest BCUT2D eigenvalue weighted by Gasteiger charge is -2.09. The van der Waals surface area contributed by atoms with Gasteiger partial charge in [0.1, 0.15) is 0 Å². The quantitative estimate of drug-likeness (QED) is 0.630. The molecule has 0 aromatic heterocycles. The van der Waals surface area contributed by atoms with Gasteiger partial charge in [0.2, 0.25) is 5.91 Å². The van der Waals surface area contributed by atoms with Gasteiger partial charge in [-0.05, 0) is 26.2 Å². The van der Waals surface area contributed by atoms with Crippen LogP contribution in [0.15, 0.2) is 0 Å². The second-order valence-corrected chi connectivity index (χ2v) is 3.20. The summed E-state index contributed by atoms with van der Waals surface area (Å²) >= 11 is 0. The maximum absolute atomic E-state index is 10.9. The van der Waals surface area contributed by atoms with E-state index in [1.165, 1.54) is 0 Å². The zero-order chi connectivity index (χ0) is 11.0. The van der Waals surface area contributed by atoms with Gasteiger partial charge >= 0.3 is 5.97 Å². The van der Waals surface area contributed by atoms with Gasteiger partial charge in [-0.25, -0.2) is 0 Å². The van der Waals surface area contributed by atoms with E-state index < -0.39 is 0 Å². The summed E-state index contributed by atoms with van der Waals surface area (Å²) in [7, 11) is 0. The van der Waals surface area contributed by atoms with Crippen molar-refractivity contribution in [2.24, 2.45) is 11.7 Å². The van der Waals surface area contributed by atoms with E-state index in [9.17, 15) is 9.59 Å². The zero-order valence-electron chi connectivity index (χ0n) is 8.91. The molecule has 0 aromatic carbocycles. The van der Waals surface area contributed by atoms with Crippen molar-refractivity contribution < 1.29 is 14.3 Å². The Bertz CT molecular complexity index is 192. The third-order valence-electron chi connectivity index (χ3n) is 2.13. The first-order chi connectivity index (χ1) is 6.61. The average molecular weight is 201 g/mol. The van der Waals surface area contributed by atoms with Crippen LogP contribution in [0.3, 0.4) is 0 Å². The van der Waals surface area contributed by atoms with Crippen molar-refractivity contribution in [1.82, 2.24) is 0 Å². The summed E-state index contributed by atoms with van der Waals surface area (Å²) in [4.78, 5) is 21.8. The van der Waals surface area contributed by atoms with Crippen LogP contribution in [0.4, 0.5) is 0 Å². The van der Waals surface area contributed by atoms with Crippen molar-refractivity contribution in [3.63, 3.8) is 0 Å². The van der Waals surface area contributed by atoms with Gasteiger partial charge < -0.3 is 10.5 Å². The molecule has 0 fully saturated rings. The smallest absolute Gasteiger partial charge is 0.305 e. The highest BCUT2D eigenvalue weighted by molar-refractivity contribution is 5.76. The van der Waals surface area contributed by atoms with Crippen molar-refractivity contribution in [3.8, 4) is 0 Å². The number of hydrogen-bond acceptors (Lipinski definition) is 3. The lowest BCUT2D eigenvalue weighted by atomic mass is 9.99. The zero-order valence-corrected chi connectivity index (χ0v) is 8.91. The molecule has 0 aromatic rings. The average Bonchev–Trinajstić information content (AvgIpc) is 2.12. The molecule has 0 rings (SSSR count). The number of amides is 1. The van der Waals surface area contributed by atoms with Crippen LogP contribution in [0, 0.1) is 5.92 Å². The van der Waals surface area contributed by atoms with E-state index in [-0.39, 0.29) is 17.8 Å². The summed E-state index contributed by atoms with van der Waals surface area (Å²) in [6, 6.07) is 0. The number of carbonyl (C=O) groups excluding carboxylic acids is 2. The van der Waals surface area contributed by atoms with Gasteiger partial charge in [-0.15, -0.1) is 0 Å². The minimum Gasteiger partial charge on any atom is -0.466 e. The normalized spacial score (nSPS) is 12.1. The summed E-state index contributed by atoms with van der Waals surface area (Å²) in [6.45, 7) is 4.10. The van der Waals surface area contributed by atoms with Gasteiger partial charge in [0.25, 0.3) is 0 Å². The fourth-order valence-corrected chi connectivity index (χ4v) is 1.27. The van der Waals surface area contributed by atoms with Crippen LogP contribution >= 0.6 is 0 Å². The maximum atomic E-state index is 10.9. The maximum Gasteiger partial charge on any atom is 0.305 e. The van der Waals surface area contributed by atoms with Gasteiger partial charge in [0.05, 0.1) is 6.61 Å². The minimum absolute atomic E-state index is 0.107. The largest absolute Gasteiger partial charge is 0.466 e. The second kappa shape index (κ2) is 7.35. The fourth-order valence-electron chi connectivity index (χ4n) is 1.27. The number of nitrogens with two attached hydrogens (primary N) is 1. The summed E-state index contributed by atoms with van der Waals surface area (Å²) in [5.74, 6) is -0.590. The topological polar surface area (TPSA) is 69.4 Å². The molecular formula is C10H19NO3. The number of primary amides is 1. The molecule has 0 spiro atoms. The first-order valence-corrected chi connectivity index (χ1v) is 5.06. The molecule has 14 heavy (non-hydrogen) atoms. The molecule has 2 N–H and O–H groups in total. The van der Waals surface area contributed by atoms with Crippen molar-refractivity contribution >= 4 is 11.9 Å². The predicted molar refractivity (Wildman–Crippen MR) is 53.5 cm³/mol. The molecule has 0 aliphatic rings. The fraction of sp³-hybridized carbons (Fsp3) is 0.800. The van der Waals surface area contributed by atoms with Crippen LogP contribution in [0.5, 0.6) is 0 Å².